The number of amides is 1. The van der Waals surface area contributed by atoms with Crippen molar-refractivity contribution >= 4 is 29.1 Å². The second kappa shape index (κ2) is 7.76. The topological polar surface area (TPSA) is 20.3 Å². The standard InChI is InChI=1S/C15H21Cl2NO/c1-4-11(2)18(3)15(19)7-5-6-12-8-9-13(16)14(17)10-12/h8-11H,4-7H2,1-3H3. The molecule has 0 N–H and O–H groups in total. The Hall–Kier alpha value is -0.730. The number of aryl methyl sites for hydroxylation is 1. The van der Waals surface area contributed by atoms with Gasteiger partial charge >= 0.3 is 0 Å². The Kier molecular flexibility index (Phi) is 6.67. The Morgan fingerprint density at radius 1 is 1.32 bits per heavy atom. The molecule has 4 heteroatoms. The molecule has 1 atom stereocenters. The monoisotopic (exact) mass is 301 g/mol. The van der Waals surface area contributed by atoms with Crippen LogP contribution in [0.5, 0.6) is 0 Å². The average molecular weight is 302 g/mol. The lowest BCUT2D eigenvalue weighted by atomic mass is 10.1. The highest BCUT2D eigenvalue weighted by molar-refractivity contribution is 6.42. The first-order chi connectivity index (χ1) is 8.95. The third-order valence-electron chi connectivity index (χ3n) is 3.49. The molecule has 0 radical (unpaired) electrons. The highest BCUT2D eigenvalue weighted by atomic mass is 35.5. The molecular formula is C15H21Cl2NO. The van der Waals surface area contributed by atoms with E-state index >= 15 is 0 Å². The van der Waals surface area contributed by atoms with Gasteiger partial charge in [0.2, 0.25) is 5.91 Å². The van der Waals surface area contributed by atoms with Crippen molar-refractivity contribution in [2.24, 2.45) is 0 Å². The molecule has 1 amide bonds. The first kappa shape index (κ1) is 16.3. The highest BCUT2D eigenvalue weighted by Gasteiger charge is 2.13. The molecule has 106 valence electrons. The third kappa shape index (κ3) is 5.04. The minimum absolute atomic E-state index is 0.203. The van der Waals surface area contributed by atoms with Gasteiger partial charge in [0.25, 0.3) is 0 Å². The van der Waals surface area contributed by atoms with Crippen molar-refractivity contribution in [3.8, 4) is 0 Å². The Labute approximate surface area is 125 Å². The maximum atomic E-state index is 11.9. The molecule has 0 saturated carbocycles. The van der Waals surface area contributed by atoms with Gasteiger partial charge in [0.15, 0.2) is 0 Å². The van der Waals surface area contributed by atoms with Crippen molar-refractivity contribution in [2.45, 2.75) is 45.6 Å². The number of benzene rings is 1. The van der Waals surface area contributed by atoms with E-state index < -0.39 is 0 Å². The second-order valence-electron chi connectivity index (χ2n) is 4.86. The second-order valence-corrected chi connectivity index (χ2v) is 5.68. The Balaban J connectivity index is 2.41. The molecule has 0 aliphatic heterocycles. The van der Waals surface area contributed by atoms with Crippen LogP contribution in [0, 0.1) is 0 Å². The molecule has 0 aliphatic rings. The van der Waals surface area contributed by atoms with E-state index in [0.29, 0.717) is 22.5 Å². The molecule has 1 aromatic carbocycles. The predicted molar refractivity (Wildman–Crippen MR) is 81.9 cm³/mol. The fourth-order valence-corrected chi connectivity index (χ4v) is 2.16. The van der Waals surface area contributed by atoms with Gasteiger partial charge in [-0.05, 0) is 43.9 Å². The van der Waals surface area contributed by atoms with Crippen LogP contribution < -0.4 is 0 Å². The summed E-state index contributed by atoms with van der Waals surface area (Å²) in [4.78, 5) is 13.8. The third-order valence-corrected chi connectivity index (χ3v) is 4.22. The predicted octanol–water partition coefficient (Wildman–Crippen LogP) is 4.57. The van der Waals surface area contributed by atoms with Crippen LogP contribution in [-0.4, -0.2) is 23.9 Å². The van der Waals surface area contributed by atoms with Gasteiger partial charge in [0.05, 0.1) is 10.0 Å². The lowest BCUT2D eigenvalue weighted by Crippen LogP contribution is -2.34. The number of hydrogen-bond donors (Lipinski definition) is 0. The number of halogens is 2. The SMILES string of the molecule is CCC(C)N(C)C(=O)CCCc1ccc(Cl)c(Cl)c1. The Bertz CT molecular complexity index is 434. The van der Waals surface area contributed by atoms with Crippen LogP contribution in [0.2, 0.25) is 10.0 Å². The van der Waals surface area contributed by atoms with E-state index in [1.165, 1.54) is 0 Å². The van der Waals surface area contributed by atoms with E-state index in [1.54, 1.807) is 6.07 Å². The molecule has 0 spiro atoms. The summed E-state index contributed by atoms with van der Waals surface area (Å²) in [6.07, 6.45) is 3.23. The summed E-state index contributed by atoms with van der Waals surface area (Å²) >= 11 is 11.8. The summed E-state index contributed by atoms with van der Waals surface area (Å²) < 4.78 is 0. The van der Waals surface area contributed by atoms with E-state index in [1.807, 2.05) is 24.1 Å². The van der Waals surface area contributed by atoms with Crippen LogP contribution in [0.4, 0.5) is 0 Å². The first-order valence-electron chi connectivity index (χ1n) is 6.65. The summed E-state index contributed by atoms with van der Waals surface area (Å²) in [7, 11) is 1.87. The lowest BCUT2D eigenvalue weighted by Gasteiger charge is -2.23. The van der Waals surface area contributed by atoms with Crippen LogP contribution in [0.3, 0.4) is 0 Å². The van der Waals surface area contributed by atoms with Gasteiger partial charge in [-0.25, -0.2) is 0 Å². The summed E-state index contributed by atoms with van der Waals surface area (Å²) in [5, 5.41) is 1.14. The van der Waals surface area contributed by atoms with Crippen molar-refractivity contribution in [3.05, 3.63) is 33.8 Å². The van der Waals surface area contributed by atoms with Gasteiger partial charge in [0.1, 0.15) is 0 Å². The number of carbonyl (C=O) groups is 1. The van der Waals surface area contributed by atoms with Gasteiger partial charge in [-0.3, -0.25) is 4.79 Å². The van der Waals surface area contributed by atoms with Crippen LogP contribution in [0.1, 0.15) is 38.7 Å². The zero-order valence-electron chi connectivity index (χ0n) is 11.7. The molecule has 1 rings (SSSR count). The summed E-state index contributed by atoms with van der Waals surface area (Å²) in [6, 6.07) is 5.92. The molecule has 0 aliphatic carbocycles. The van der Waals surface area contributed by atoms with Crippen LogP contribution in [0.25, 0.3) is 0 Å². The van der Waals surface area contributed by atoms with Crippen molar-refractivity contribution in [3.63, 3.8) is 0 Å². The summed E-state index contributed by atoms with van der Waals surface area (Å²) in [5.74, 6) is 0.203. The maximum absolute atomic E-state index is 11.9. The van der Waals surface area contributed by atoms with E-state index in [-0.39, 0.29) is 5.91 Å². The Morgan fingerprint density at radius 2 is 2.00 bits per heavy atom. The summed E-state index contributed by atoms with van der Waals surface area (Å²) in [5.41, 5.74) is 1.12. The van der Waals surface area contributed by atoms with Crippen LogP contribution in [-0.2, 0) is 11.2 Å². The molecule has 0 heterocycles. The summed E-state index contributed by atoms with van der Waals surface area (Å²) in [6.45, 7) is 4.15. The number of carbonyl (C=O) groups excluding carboxylic acids is 1. The minimum atomic E-state index is 0.203. The van der Waals surface area contributed by atoms with Gasteiger partial charge in [-0.2, -0.15) is 0 Å². The fraction of sp³-hybridized carbons (Fsp3) is 0.533. The van der Waals surface area contributed by atoms with Gasteiger partial charge in [-0.1, -0.05) is 36.2 Å². The average Bonchev–Trinajstić information content (AvgIpc) is 2.40. The van der Waals surface area contributed by atoms with Gasteiger partial charge in [-0.15, -0.1) is 0 Å². The lowest BCUT2D eigenvalue weighted by molar-refractivity contribution is -0.131. The Morgan fingerprint density at radius 3 is 2.58 bits per heavy atom. The van der Waals surface area contributed by atoms with Gasteiger partial charge < -0.3 is 4.90 Å². The molecule has 0 fully saturated rings. The number of hydrogen-bond acceptors (Lipinski definition) is 1. The van der Waals surface area contributed by atoms with Crippen molar-refractivity contribution in [1.29, 1.82) is 0 Å². The van der Waals surface area contributed by atoms with Crippen LogP contribution >= 0.6 is 23.2 Å². The smallest absolute Gasteiger partial charge is 0.222 e. The fourth-order valence-electron chi connectivity index (χ4n) is 1.83. The van der Waals surface area contributed by atoms with Gasteiger partial charge in [0, 0.05) is 19.5 Å². The highest BCUT2D eigenvalue weighted by Crippen LogP contribution is 2.23. The molecule has 0 saturated heterocycles. The van der Waals surface area contributed by atoms with Crippen molar-refractivity contribution < 1.29 is 4.79 Å². The zero-order valence-corrected chi connectivity index (χ0v) is 13.3. The normalized spacial score (nSPS) is 12.3. The van der Waals surface area contributed by atoms with Crippen molar-refractivity contribution in [2.75, 3.05) is 7.05 Å². The molecule has 1 aromatic rings. The number of rotatable bonds is 6. The van der Waals surface area contributed by atoms with Crippen molar-refractivity contribution in [1.82, 2.24) is 4.90 Å². The molecular weight excluding hydrogens is 281 g/mol. The quantitative estimate of drug-likeness (QED) is 0.753. The van der Waals surface area contributed by atoms with Crippen LogP contribution in [0.15, 0.2) is 18.2 Å². The van der Waals surface area contributed by atoms with E-state index in [0.717, 1.165) is 24.8 Å². The van der Waals surface area contributed by atoms with E-state index in [4.69, 9.17) is 23.2 Å². The molecule has 2 nitrogen and oxygen atoms in total. The molecule has 1 unspecified atom stereocenters. The molecule has 19 heavy (non-hydrogen) atoms. The molecule has 0 aromatic heterocycles. The first-order valence-corrected chi connectivity index (χ1v) is 7.40. The largest absolute Gasteiger partial charge is 0.343 e. The zero-order chi connectivity index (χ0) is 14.4. The molecule has 0 bridgehead atoms. The van der Waals surface area contributed by atoms with E-state index in [2.05, 4.69) is 13.8 Å². The van der Waals surface area contributed by atoms with E-state index in [9.17, 15) is 4.79 Å². The maximum Gasteiger partial charge on any atom is 0.222 e. The number of nitrogens with zero attached hydrogens (tertiary/aromatic N) is 1. The minimum Gasteiger partial charge on any atom is -0.343 e.